The maximum Gasteiger partial charge on any atom is 0.222 e. The SMILES string of the molecule is Nc1nc2c(c(N3CCCNCC3)n1)C(c1ccc(Cl)s1)CCC2. The highest BCUT2D eigenvalue weighted by atomic mass is 35.5. The lowest BCUT2D eigenvalue weighted by Gasteiger charge is -2.31. The third-order valence-corrected chi connectivity index (χ3v) is 6.20. The predicted octanol–water partition coefficient (Wildman–Crippen LogP) is 3.04. The van der Waals surface area contributed by atoms with Crippen LogP contribution in [0.25, 0.3) is 0 Å². The number of hydrogen-bond acceptors (Lipinski definition) is 6. The van der Waals surface area contributed by atoms with Crippen molar-refractivity contribution >= 4 is 34.7 Å². The van der Waals surface area contributed by atoms with Crippen molar-refractivity contribution in [2.24, 2.45) is 0 Å². The number of nitrogens with two attached hydrogens (primary N) is 1. The van der Waals surface area contributed by atoms with Crippen molar-refractivity contribution in [3.8, 4) is 0 Å². The van der Waals surface area contributed by atoms with Gasteiger partial charge < -0.3 is 16.0 Å². The Morgan fingerprint density at radius 2 is 2.12 bits per heavy atom. The minimum Gasteiger partial charge on any atom is -0.368 e. The van der Waals surface area contributed by atoms with Gasteiger partial charge in [-0.2, -0.15) is 4.98 Å². The number of anilines is 2. The zero-order chi connectivity index (χ0) is 16.5. The van der Waals surface area contributed by atoms with Gasteiger partial charge in [-0.1, -0.05) is 11.6 Å². The van der Waals surface area contributed by atoms with E-state index < -0.39 is 0 Å². The summed E-state index contributed by atoms with van der Waals surface area (Å²) < 4.78 is 0.842. The molecular weight excluding hydrogens is 342 g/mol. The van der Waals surface area contributed by atoms with E-state index >= 15 is 0 Å². The van der Waals surface area contributed by atoms with E-state index in [1.807, 2.05) is 6.07 Å². The molecule has 2 aromatic heterocycles. The quantitative estimate of drug-likeness (QED) is 0.858. The Kier molecular flexibility index (Phi) is 4.61. The number of thiophene rings is 1. The summed E-state index contributed by atoms with van der Waals surface area (Å²) >= 11 is 7.86. The van der Waals surface area contributed by atoms with Gasteiger partial charge in [-0.3, -0.25) is 0 Å². The van der Waals surface area contributed by atoms with Crippen molar-refractivity contribution in [2.45, 2.75) is 31.6 Å². The molecule has 0 aromatic carbocycles. The second-order valence-corrected chi connectivity index (χ2v) is 8.19. The molecule has 2 aliphatic rings. The molecule has 24 heavy (non-hydrogen) atoms. The number of nitrogens with one attached hydrogen (secondary N) is 1. The third kappa shape index (κ3) is 3.10. The molecule has 3 heterocycles. The topological polar surface area (TPSA) is 67.1 Å². The van der Waals surface area contributed by atoms with Crippen molar-refractivity contribution in [1.82, 2.24) is 15.3 Å². The monoisotopic (exact) mass is 363 g/mol. The lowest BCUT2D eigenvalue weighted by molar-refractivity contribution is 0.601. The highest BCUT2D eigenvalue weighted by molar-refractivity contribution is 7.16. The first-order valence-electron chi connectivity index (χ1n) is 8.59. The van der Waals surface area contributed by atoms with Crippen LogP contribution in [0, 0.1) is 0 Å². The largest absolute Gasteiger partial charge is 0.368 e. The summed E-state index contributed by atoms with van der Waals surface area (Å²) in [5.74, 6) is 1.76. The summed E-state index contributed by atoms with van der Waals surface area (Å²) in [5, 5.41) is 3.46. The van der Waals surface area contributed by atoms with Crippen LogP contribution in [0.3, 0.4) is 0 Å². The lowest BCUT2D eigenvalue weighted by Crippen LogP contribution is -2.31. The normalized spacial score (nSPS) is 21.4. The van der Waals surface area contributed by atoms with Crippen molar-refractivity contribution in [3.63, 3.8) is 0 Å². The Balaban J connectivity index is 1.80. The summed E-state index contributed by atoms with van der Waals surface area (Å²) in [6.45, 7) is 4.01. The van der Waals surface area contributed by atoms with Crippen molar-refractivity contribution < 1.29 is 0 Å². The van der Waals surface area contributed by atoms with Crippen LogP contribution >= 0.6 is 22.9 Å². The fourth-order valence-electron chi connectivity index (χ4n) is 3.79. The zero-order valence-corrected chi connectivity index (χ0v) is 15.2. The molecule has 2 aromatic rings. The Bertz CT molecular complexity index is 724. The first-order valence-corrected chi connectivity index (χ1v) is 9.79. The number of halogens is 1. The minimum atomic E-state index is 0.332. The van der Waals surface area contributed by atoms with Gasteiger partial charge in [0.2, 0.25) is 5.95 Å². The Morgan fingerprint density at radius 3 is 2.96 bits per heavy atom. The van der Waals surface area contributed by atoms with E-state index in [0.717, 1.165) is 67.7 Å². The first kappa shape index (κ1) is 16.1. The Labute approximate surface area is 151 Å². The molecular formula is C17H22ClN5S. The van der Waals surface area contributed by atoms with Crippen LogP contribution in [0.5, 0.6) is 0 Å². The van der Waals surface area contributed by atoms with Gasteiger partial charge in [-0.25, -0.2) is 4.98 Å². The summed E-state index contributed by atoms with van der Waals surface area (Å²) in [7, 11) is 0. The smallest absolute Gasteiger partial charge is 0.222 e. The molecule has 0 radical (unpaired) electrons. The van der Waals surface area contributed by atoms with Gasteiger partial charge in [0.05, 0.1) is 10.0 Å². The highest BCUT2D eigenvalue weighted by Crippen LogP contribution is 2.43. The second kappa shape index (κ2) is 6.86. The number of aromatic nitrogens is 2. The minimum absolute atomic E-state index is 0.332. The molecule has 1 aliphatic carbocycles. The molecule has 1 unspecified atom stereocenters. The van der Waals surface area contributed by atoms with E-state index in [1.165, 1.54) is 10.4 Å². The molecule has 1 fully saturated rings. The van der Waals surface area contributed by atoms with E-state index in [4.69, 9.17) is 17.3 Å². The Hall–Kier alpha value is -1.37. The van der Waals surface area contributed by atoms with Crippen LogP contribution < -0.4 is 16.0 Å². The van der Waals surface area contributed by atoms with E-state index in [-0.39, 0.29) is 0 Å². The summed E-state index contributed by atoms with van der Waals surface area (Å²) in [6.07, 6.45) is 4.35. The van der Waals surface area contributed by atoms with Gasteiger partial charge in [0, 0.05) is 36.0 Å². The molecule has 5 nitrogen and oxygen atoms in total. The fourth-order valence-corrected chi connectivity index (χ4v) is 4.99. The molecule has 3 N–H and O–H groups in total. The molecule has 4 rings (SSSR count). The molecule has 0 bridgehead atoms. The van der Waals surface area contributed by atoms with Crippen LogP contribution in [-0.4, -0.2) is 36.1 Å². The molecule has 1 atom stereocenters. The summed E-state index contributed by atoms with van der Waals surface area (Å²) in [5.41, 5.74) is 8.43. The number of hydrogen-bond donors (Lipinski definition) is 2. The summed E-state index contributed by atoms with van der Waals surface area (Å²) in [4.78, 5) is 12.9. The van der Waals surface area contributed by atoms with Crippen molar-refractivity contribution in [3.05, 3.63) is 32.6 Å². The van der Waals surface area contributed by atoms with Crippen LogP contribution in [0.15, 0.2) is 12.1 Å². The molecule has 1 aliphatic heterocycles. The summed E-state index contributed by atoms with van der Waals surface area (Å²) in [6, 6.07) is 4.14. The molecule has 1 saturated heterocycles. The molecule has 0 spiro atoms. The highest BCUT2D eigenvalue weighted by Gasteiger charge is 2.30. The lowest BCUT2D eigenvalue weighted by atomic mass is 9.84. The molecule has 0 amide bonds. The van der Waals surface area contributed by atoms with Gasteiger partial charge in [-0.15, -0.1) is 11.3 Å². The van der Waals surface area contributed by atoms with E-state index in [0.29, 0.717) is 11.9 Å². The van der Waals surface area contributed by atoms with Gasteiger partial charge >= 0.3 is 0 Å². The number of nitrogens with zero attached hydrogens (tertiary/aromatic N) is 3. The van der Waals surface area contributed by atoms with Crippen LogP contribution in [0.2, 0.25) is 4.34 Å². The Morgan fingerprint density at radius 1 is 1.21 bits per heavy atom. The number of nitrogen functional groups attached to an aromatic ring is 1. The van der Waals surface area contributed by atoms with Gasteiger partial charge in [-0.05, 0) is 44.4 Å². The van der Waals surface area contributed by atoms with Crippen LogP contribution in [0.4, 0.5) is 11.8 Å². The molecule has 0 saturated carbocycles. The number of aryl methyl sites for hydroxylation is 1. The second-order valence-electron chi connectivity index (χ2n) is 6.44. The van der Waals surface area contributed by atoms with Gasteiger partial charge in [0.15, 0.2) is 0 Å². The average molecular weight is 364 g/mol. The number of rotatable bonds is 2. The van der Waals surface area contributed by atoms with Crippen LogP contribution in [0.1, 0.15) is 41.3 Å². The molecule has 128 valence electrons. The third-order valence-electron chi connectivity index (χ3n) is 4.85. The zero-order valence-electron chi connectivity index (χ0n) is 13.6. The fraction of sp³-hybridized carbons (Fsp3) is 0.529. The first-order chi connectivity index (χ1) is 11.7. The maximum atomic E-state index is 6.19. The van der Waals surface area contributed by atoms with E-state index in [9.17, 15) is 0 Å². The van der Waals surface area contributed by atoms with Gasteiger partial charge in [0.1, 0.15) is 5.82 Å². The van der Waals surface area contributed by atoms with Crippen LogP contribution in [-0.2, 0) is 6.42 Å². The van der Waals surface area contributed by atoms with Crippen molar-refractivity contribution in [1.29, 1.82) is 0 Å². The van der Waals surface area contributed by atoms with E-state index in [1.54, 1.807) is 11.3 Å². The molecule has 7 heteroatoms. The average Bonchev–Trinajstić information content (AvgIpc) is 2.84. The number of fused-ring (bicyclic) bond motifs is 1. The predicted molar refractivity (Wildman–Crippen MR) is 100 cm³/mol. The van der Waals surface area contributed by atoms with Gasteiger partial charge in [0.25, 0.3) is 0 Å². The van der Waals surface area contributed by atoms with E-state index in [2.05, 4.69) is 26.3 Å². The maximum absolute atomic E-state index is 6.19. The van der Waals surface area contributed by atoms with Crippen molar-refractivity contribution in [2.75, 3.05) is 36.8 Å². The standard InChI is InChI=1S/C17H22ClN5S/c18-14-6-5-13(24-14)11-3-1-4-12-15(11)16(22-17(19)21-12)23-9-2-7-20-8-10-23/h5-6,11,20H,1-4,7-10H2,(H2,19,21,22).